The molecule has 1 aliphatic carbocycles. The molecule has 0 saturated heterocycles. The molecule has 1 atom stereocenters. The molecule has 0 spiro atoms. The number of carbonyl (C=O) groups is 2. The third kappa shape index (κ3) is 2.26. The van der Waals surface area contributed by atoms with Crippen molar-refractivity contribution < 1.29 is 14.7 Å². The fourth-order valence-corrected chi connectivity index (χ4v) is 4.18. The van der Waals surface area contributed by atoms with Gasteiger partial charge in [-0.2, -0.15) is 0 Å². The van der Waals surface area contributed by atoms with Crippen molar-refractivity contribution in [2.24, 2.45) is 5.41 Å². The summed E-state index contributed by atoms with van der Waals surface area (Å²) < 4.78 is 0. The molecule has 2 aliphatic rings. The largest absolute Gasteiger partial charge is 0.480 e. The number of carboxylic acid groups (broad SMARTS) is 1. The molecule has 1 aliphatic heterocycles. The second kappa shape index (κ2) is 5.40. The molecular weight excluding hydrogens is 328 g/mol. The summed E-state index contributed by atoms with van der Waals surface area (Å²) in [5.41, 5.74) is 4.68. The lowest BCUT2D eigenvalue weighted by molar-refractivity contribution is -0.141. The van der Waals surface area contributed by atoms with Crippen molar-refractivity contribution in [1.29, 1.82) is 0 Å². The van der Waals surface area contributed by atoms with Crippen LogP contribution in [0.2, 0.25) is 0 Å². The van der Waals surface area contributed by atoms with Gasteiger partial charge in [0, 0.05) is 10.9 Å². The maximum absolute atomic E-state index is 13.4. The number of aliphatic carboxylic acids is 1. The highest BCUT2D eigenvalue weighted by Crippen LogP contribution is 2.46. The van der Waals surface area contributed by atoms with Crippen LogP contribution < -0.4 is 0 Å². The van der Waals surface area contributed by atoms with Crippen molar-refractivity contribution in [2.45, 2.75) is 46.6 Å². The van der Waals surface area contributed by atoms with Crippen molar-refractivity contribution in [3.8, 4) is 0 Å². The Morgan fingerprint density at radius 2 is 2.08 bits per heavy atom. The zero-order valence-electron chi connectivity index (χ0n) is 15.5. The van der Waals surface area contributed by atoms with Gasteiger partial charge in [0.05, 0.1) is 22.5 Å². The highest BCUT2D eigenvalue weighted by Gasteiger charge is 2.45. The molecule has 1 unspecified atom stereocenters. The first-order valence-electron chi connectivity index (χ1n) is 8.96. The highest BCUT2D eigenvalue weighted by atomic mass is 16.4. The Labute approximate surface area is 152 Å². The van der Waals surface area contributed by atoms with Crippen LogP contribution in [0.4, 0.5) is 0 Å². The standard InChI is InChI=1S/C21H22N2O3/c1-5-15(20(25)26)23-16-10-21(3,4)9-14-18(16)17(19(23)24)12-8-11(2)6-7-13(12)22-14/h6-8,10,15H,5,9H2,1-4H3,(H,25,26). The van der Waals surface area contributed by atoms with Gasteiger partial charge >= 0.3 is 5.97 Å². The lowest BCUT2D eigenvalue weighted by atomic mass is 9.79. The molecule has 5 heteroatoms. The smallest absolute Gasteiger partial charge is 0.326 e. The van der Waals surface area contributed by atoms with Crippen LogP contribution in [0.15, 0.2) is 24.3 Å². The fraction of sp³-hybridized carbons (Fsp3) is 0.381. The number of hydrogen-bond donors (Lipinski definition) is 1. The molecule has 1 N–H and O–H groups in total. The molecule has 1 aromatic carbocycles. The number of rotatable bonds is 3. The summed E-state index contributed by atoms with van der Waals surface area (Å²) >= 11 is 0. The quantitative estimate of drug-likeness (QED) is 0.914. The van der Waals surface area contributed by atoms with E-state index in [4.69, 9.17) is 4.98 Å². The first-order chi connectivity index (χ1) is 12.2. The third-order valence-corrected chi connectivity index (χ3v) is 5.30. The normalized spacial score (nSPS) is 18.7. The van der Waals surface area contributed by atoms with Gasteiger partial charge in [-0.05, 0) is 37.3 Å². The number of pyridine rings is 1. The van der Waals surface area contributed by atoms with Crippen LogP contribution in [0.1, 0.15) is 54.4 Å². The number of hydrogen-bond acceptors (Lipinski definition) is 3. The molecule has 2 aromatic rings. The Balaban J connectivity index is 2.07. The Hall–Kier alpha value is -2.69. The molecule has 1 amide bonds. The number of aryl methyl sites for hydroxylation is 1. The van der Waals surface area contributed by atoms with E-state index in [2.05, 4.69) is 13.8 Å². The Morgan fingerprint density at radius 1 is 1.35 bits per heavy atom. The molecule has 0 fully saturated rings. The SMILES string of the molecule is CCC(C(=O)O)N1C(=O)c2c3c(nc4ccc(C)cc24)CC(C)(C)C=C31. The van der Waals surface area contributed by atoms with Gasteiger partial charge in [0.2, 0.25) is 0 Å². The van der Waals surface area contributed by atoms with E-state index in [1.807, 2.05) is 31.2 Å². The Kier molecular flexibility index (Phi) is 3.48. The summed E-state index contributed by atoms with van der Waals surface area (Å²) in [5, 5.41) is 10.5. The summed E-state index contributed by atoms with van der Waals surface area (Å²) in [6, 6.07) is 5.03. The lowest BCUT2D eigenvalue weighted by Gasteiger charge is -2.32. The van der Waals surface area contributed by atoms with Crippen LogP contribution in [0, 0.1) is 12.3 Å². The minimum absolute atomic E-state index is 0.190. The molecule has 1 aromatic heterocycles. The second-order valence-electron chi connectivity index (χ2n) is 7.96. The minimum atomic E-state index is -0.979. The van der Waals surface area contributed by atoms with E-state index >= 15 is 0 Å². The van der Waals surface area contributed by atoms with Crippen molar-refractivity contribution in [3.63, 3.8) is 0 Å². The van der Waals surface area contributed by atoms with E-state index in [0.717, 1.165) is 34.1 Å². The van der Waals surface area contributed by atoms with Gasteiger partial charge < -0.3 is 5.11 Å². The first kappa shape index (κ1) is 16.8. The van der Waals surface area contributed by atoms with Crippen molar-refractivity contribution in [3.05, 3.63) is 46.7 Å². The van der Waals surface area contributed by atoms with Crippen molar-refractivity contribution in [2.75, 3.05) is 0 Å². The van der Waals surface area contributed by atoms with Gasteiger partial charge in [-0.1, -0.05) is 38.5 Å². The molecule has 0 radical (unpaired) electrons. The van der Waals surface area contributed by atoms with Crippen LogP contribution in [0.5, 0.6) is 0 Å². The summed E-state index contributed by atoms with van der Waals surface area (Å²) in [4.78, 5) is 31.5. The average Bonchev–Trinajstić information content (AvgIpc) is 2.82. The molecular formula is C21H22N2O3. The van der Waals surface area contributed by atoms with Crippen LogP contribution in [0.3, 0.4) is 0 Å². The number of carbonyl (C=O) groups excluding carboxylic acids is 1. The zero-order chi connectivity index (χ0) is 18.8. The Bertz CT molecular complexity index is 1000. The van der Waals surface area contributed by atoms with Crippen LogP contribution >= 0.6 is 0 Å². The fourth-order valence-electron chi connectivity index (χ4n) is 4.18. The lowest BCUT2D eigenvalue weighted by Crippen LogP contribution is -2.41. The minimum Gasteiger partial charge on any atom is -0.480 e. The van der Waals surface area contributed by atoms with E-state index in [9.17, 15) is 14.7 Å². The molecule has 5 nitrogen and oxygen atoms in total. The first-order valence-corrected chi connectivity index (χ1v) is 8.96. The van der Waals surface area contributed by atoms with E-state index in [0.29, 0.717) is 17.7 Å². The van der Waals surface area contributed by atoms with Gasteiger partial charge in [0.25, 0.3) is 5.91 Å². The molecule has 134 valence electrons. The number of nitrogens with zero attached hydrogens (tertiary/aromatic N) is 2. The van der Waals surface area contributed by atoms with E-state index in [-0.39, 0.29) is 11.3 Å². The second-order valence-corrected chi connectivity index (χ2v) is 7.96. The van der Waals surface area contributed by atoms with Crippen molar-refractivity contribution in [1.82, 2.24) is 9.88 Å². The van der Waals surface area contributed by atoms with E-state index in [1.54, 1.807) is 6.92 Å². The summed E-state index contributed by atoms with van der Waals surface area (Å²) in [6.45, 7) is 7.96. The van der Waals surface area contributed by atoms with Gasteiger partial charge in [0.1, 0.15) is 6.04 Å². The van der Waals surface area contributed by atoms with Gasteiger partial charge in [0.15, 0.2) is 0 Å². The van der Waals surface area contributed by atoms with Gasteiger partial charge in [-0.15, -0.1) is 0 Å². The predicted octanol–water partition coefficient (Wildman–Crippen LogP) is 3.79. The zero-order valence-corrected chi connectivity index (χ0v) is 15.5. The number of fused-ring (bicyclic) bond motifs is 2. The highest BCUT2D eigenvalue weighted by molar-refractivity contribution is 6.18. The summed E-state index contributed by atoms with van der Waals surface area (Å²) in [7, 11) is 0. The van der Waals surface area contributed by atoms with Crippen LogP contribution in [-0.4, -0.2) is 32.9 Å². The van der Waals surface area contributed by atoms with E-state index in [1.165, 1.54) is 4.90 Å². The topological polar surface area (TPSA) is 70.5 Å². The number of benzene rings is 1. The van der Waals surface area contributed by atoms with Crippen LogP contribution in [-0.2, 0) is 11.2 Å². The van der Waals surface area contributed by atoms with Gasteiger partial charge in [-0.25, -0.2) is 4.79 Å². The third-order valence-electron chi connectivity index (χ3n) is 5.30. The molecule has 26 heavy (non-hydrogen) atoms. The van der Waals surface area contributed by atoms with Crippen molar-refractivity contribution >= 4 is 28.5 Å². The number of aromatic nitrogens is 1. The maximum Gasteiger partial charge on any atom is 0.326 e. The molecule has 2 heterocycles. The number of allylic oxidation sites excluding steroid dienone is 1. The monoisotopic (exact) mass is 350 g/mol. The number of amides is 1. The summed E-state index contributed by atoms with van der Waals surface area (Å²) in [5.74, 6) is -1.20. The maximum atomic E-state index is 13.4. The Morgan fingerprint density at radius 3 is 2.73 bits per heavy atom. The van der Waals surface area contributed by atoms with Crippen LogP contribution in [0.25, 0.3) is 16.6 Å². The summed E-state index contributed by atoms with van der Waals surface area (Å²) in [6.07, 6.45) is 3.12. The van der Waals surface area contributed by atoms with Gasteiger partial charge in [-0.3, -0.25) is 14.7 Å². The molecule has 0 saturated carbocycles. The molecule has 0 bridgehead atoms. The average molecular weight is 350 g/mol. The predicted molar refractivity (Wildman–Crippen MR) is 99.8 cm³/mol. The number of carboxylic acids is 1. The van der Waals surface area contributed by atoms with E-state index < -0.39 is 12.0 Å². The molecule has 4 rings (SSSR count).